The van der Waals surface area contributed by atoms with Gasteiger partial charge in [-0.1, -0.05) is 0 Å². The SMILES string of the molecule is CC(=O)Nc1cnn(CC(=O)N2CCCC2)n1. The maximum atomic E-state index is 11.8. The third kappa shape index (κ3) is 3.02. The number of hydrogen-bond acceptors (Lipinski definition) is 4. The third-order valence-electron chi connectivity index (χ3n) is 2.58. The minimum atomic E-state index is -0.206. The molecule has 1 saturated heterocycles. The Balaban J connectivity index is 1.91. The molecule has 1 aliphatic rings. The van der Waals surface area contributed by atoms with Crippen molar-refractivity contribution in [3.05, 3.63) is 6.20 Å². The number of nitrogens with zero attached hydrogens (tertiary/aromatic N) is 4. The van der Waals surface area contributed by atoms with Gasteiger partial charge in [0, 0.05) is 20.0 Å². The van der Waals surface area contributed by atoms with Crippen LogP contribution in [-0.4, -0.2) is 44.8 Å². The standard InChI is InChI=1S/C10H15N5O2/c1-8(16)12-9-6-11-15(13-9)7-10(17)14-4-2-3-5-14/h6H,2-5,7H2,1H3,(H,12,13,16). The van der Waals surface area contributed by atoms with Crippen LogP contribution in [0.15, 0.2) is 6.20 Å². The highest BCUT2D eigenvalue weighted by atomic mass is 16.2. The van der Waals surface area contributed by atoms with Gasteiger partial charge in [0.2, 0.25) is 11.8 Å². The number of carbonyl (C=O) groups is 2. The van der Waals surface area contributed by atoms with Gasteiger partial charge in [0.05, 0.1) is 6.20 Å². The van der Waals surface area contributed by atoms with Crippen LogP contribution in [0.4, 0.5) is 5.82 Å². The molecule has 7 nitrogen and oxygen atoms in total. The lowest BCUT2D eigenvalue weighted by molar-refractivity contribution is -0.131. The van der Waals surface area contributed by atoms with Crippen LogP contribution in [0.25, 0.3) is 0 Å². The summed E-state index contributed by atoms with van der Waals surface area (Å²) in [7, 11) is 0. The number of hydrogen-bond donors (Lipinski definition) is 1. The molecule has 1 N–H and O–H groups in total. The van der Waals surface area contributed by atoms with E-state index >= 15 is 0 Å². The molecular formula is C10H15N5O2. The first-order valence-corrected chi connectivity index (χ1v) is 5.60. The van der Waals surface area contributed by atoms with E-state index in [0.717, 1.165) is 25.9 Å². The summed E-state index contributed by atoms with van der Waals surface area (Å²) in [4.78, 5) is 25.7. The Bertz CT molecular complexity index is 422. The van der Waals surface area contributed by atoms with Gasteiger partial charge in [0.25, 0.3) is 0 Å². The monoisotopic (exact) mass is 237 g/mol. The molecule has 2 amide bonds. The number of likely N-dealkylation sites (tertiary alicyclic amines) is 1. The minimum absolute atomic E-state index is 0.0208. The van der Waals surface area contributed by atoms with Crippen LogP contribution in [0.5, 0.6) is 0 Å². The summed E-state index contributed by atoms with van der Waals surface area (Å²) in [6.07, 6.45) is 3.56. The van der Waals surface area contributed by atoms with Gasteiger partial charge in [-0.05, 0) is 12.8 Å². The van der Waals surface area contributed by atoms with E-state index in [0.29, 0.717) is 5.82 Å². The molecule has 92 valence electrons. The van der Waals surface area contributed by atoms with E-state index in [1.165, 1.54) is 17.9 Å². The van der Waals surface area contributed by atoms with Crippen LogP contribution in [-0.2, 0) is 16.1 Å². The van der Waals surface area contributed by atoms with Crippen molar-refractivity contribution in [1.29, 1.82) is 0 Å². The molecule has 0 unspecified atom stereocenters. The Labute approximate surface area is 98.8 Å². The number of amides is 2. The zero-order valence-corrected chi connectivity index (χ0v) is 9.72. The zero-order chi connectivity index (χ0) is 12.3. The van der Waals surface area contributed by atoms with Crippen molar-refractivity contribution < 1.29 is 9.59 Å². The predicted octanol–water partition coefficient (Wildman–Crippen LogP) is -0.141. The van der Waals surface area contributed by atoms with Crippen molar-refractivity contribution in [3.63, 3.8) is 0 Å². The summed E-state index contributed by atoms with van der Waals surface area (Å²) in [6.45, 7) is 3.16. The second-order valence-corrected chi connectivity index (χ2v) is 4.03. The normalized spacial score (nSPS) is 15.0. The number of rotatable bonds is 3. The van der Waals surface area contributed by atoms with E-state index in [1.807, 2.05) is 0 Å². The lowest BCUT2D eigenvalue weighted by atomic mass is 10.4. The van der Waals surface area contributed by atoms with Gasteiger partial charge >= 0.3 is 0 Å². The summed E-state index contributed by atoms with van der Waals surface area (Å²) < 4.78 is 0. The van der Waals surface area contributed by atoms with Crippen LogP contribution >= 0.6 is 0 Å². The molecule has 0 spiro atoms. The number of anilines is 1. The maximum absolute atomic E-state index is 11.8. The van der Waals surface area contributed by atoms with Gasteiger partial charge in [-0.2, -0.15) is 9.90 Å². The first kappa shape index (κ1) is 11.6. The fraction of sp³-hybridized carbons (Fsp3) is 0.600. The zero-order valence-electron chi connectivity index (χ0n) is 9.72. The van der Waals surface area contributed by atoms with E-state index in [2.05, 4.69) is 15.5 Å². The second-order valence-electron chi connectivity index (χ2n) is 4.03. The maximum Gasteiger partial charge on any atom is 0.246 e. The van der Waals surface area contributed by atoms with E-state index in [9.17, 15) is 9.59 Å². The molecule has 0 bridgehead atoms. The average molecular weight is 237 g/mol. The van der Waals surface area contributed by atoms with Crippen molar-refractivity contribution in [1.82, 2.24) is 19.9 Å². The third-order valence-corrected chi connectivity index (χ3v) is 2.58. The molecule has 0 saturated carbocycles. The number of carbonyl (C=O) groups excluding carboxylic acids is 2. The molecule has 2 heterocycles. The molecule has 0 aliphatic carbocycles. The minimum Gasteiger partial charge on any atom is -0.341 e. The summed E-state index contributed by atoms with van der Waals surface area (Å²) in [6, 6.07) is 0. The topological polar surface area (TPSA) is 80.1 Å². The predicted molar refractivity (Wildman–Crippen MR) is 60.1 cm³/mol. The molecule has 2 rings (SSSR count). The van der Waals surface area contributed by atoms with Crippen molar-refractivity contribution in [2.75, 3.05) is 18.4 Å². The van der Waals surface area contributed by atoms with Gasteiger partial charge < -0.3 is 10.2 Å². The van der Waals surface area contributed by atoms with Crippen LogP contribution in [0.1, 0.15) is 19.8 Å². The molecule has 0 atom stereocenters. The molecule has 0 radical (unpaired) electrons. The Kier molecular flexibility index (Phi) is 3.36. The molecule has 1 fully saturated rings. The highest BCUT2D eigenvalue weighted by molar-refractivity contribution is 5.87. The highest BCUT2D eigenvalue weighted by Crippen LogP contribution is 2.08. The second kappa shape index (κ2) is 4.94. The highest BCUT2D eigenvalue weighted by Gasteiger charge is 2.18. The fourth-order valence-electron chi connectivity index (χ4n) is 1.80. The summed E-state index contributed by atoms with van der Waals surface area (Å²) in [5.41, 5.74) is 0. The first-order chi connectivity index (χ1) is 8.15. The van der Waals surface area contributed by atoms with Crippen LogP contribution in [0.3, 0.4) is 0 Å². The Morgan fingerprint density at radius 2 is 2.12 bits per heavy atom. The lowest BCUT2D eigenvalue weighted by Crippen LogP contribution is -2.31. The van der Waals surface area contributed by atoms with Crippen LogP contribution < -0.4 is 5.32 Å². The van der Waals surface area contributed by atoms with Crippen molar-refractivity contribution in [3.8, 4) is 0 Å². The summed E-state index contributed by atoms with van der Waals surface area (Å²) in [5, 5.41) is 10.4. The van der Waals surface area contributed by atoms with Gasteiger partial charge in [-0.25, -0.2) is 0 Å². The fourth-order valence-corrected chi connectivity index (χ4v) is 1.80. The molecule has 7 heteroatoms. The molecule has 17 heavy (non-hydrogen) atoms. The van der Waals surface area contributed by atoms with Crippen LogP contribution in [0.2, 0.25) is 0 Å². The largest absolute Gasteiger partial charge is 0.341 e. The van der Waals surface area contributed by atoms with Gasteiger partial charge in [-0.15, -0.1) is 5.10 Å². The van der Waals surface area contributed by atoms with E-state index in [4.69, 9.17) is 0 Å². The number of nitrogens with one attached hydrogen (secondary N) is 1. The molecule has 1 aliphatic heterocycles. The van der Waals surface area contributed by atoms with E-state index in [1.54, 1.807) is 4.90 Å². The first-order valence-electron chi connectivity index (χ1n) is 5.60. The van der Waals surface area contributed by atoms with E-state index < -0.39 is 0 Å². The Hall–Kier alpha value is -1.92. The molecule has 1 aromatic heterocycles. The number of aromatic nitrogens is 3. The van der Waals surface area contributed by atoms with Gasteiger partial charge in [0.15, 0.2) is 5.82 Å². The van der Waals surface area contributed by atoms with Gasteiger partial charge in [-0.3, -0.25) is 9.59 Å². The smallest absolute Gasteiger partial charge is 0.246 e. The molecular weight excluding hydrogens is 222 g/mol. The van der Waals surface area contributed by atoms with Crippen molar-refractivity contribution in [2.45, 2.75) is 26.3 Å². The molecule has 0 aromatic carbocycles. The van der Waals surface area contributed by atoms with Crippen molar-refractivity contribution in [2.24, 2.45) is 0 Å². The summed E-state index contributed by atoms with van der Waals surface area (Å²) in [5.74, 6) is 0.183. The molecule has 1 aromatic rings. The quantitative estimate of drug-likeness (QED) is 0.793. The Morgan fingerprint density at radius 1 is 1.41 bits per heavy atom. The van der Waals surface area contributed by atoms with Gasteiger partial charge in [0.1, 0.15) is 6.54 Å². The van der Waals surface area contributed by atoms with E-state index in [-0.39, 0.29) is 18.4 Å². The summed E-state index contributed by atoms with van der Waals surface area (Å²) >= 11 is 0. The van der Waals surface area contributed by atoms with Crippen LogP contribution in [0, 0.1) is 0 Å². The average Bonchev–Trinajstić information content (AvgIpc) is 2.87. The van der Waals surface area contributed by atoms with Crippen molar-refractivity contribution >= 4 is 17.6 Å². The lowest BCUT2D eigenvalue weighted by Gasteiger charge is -2.14. The Morgan fingerprint density at radius 3 is 2.76 bits per heavy atom.